The Hall–Kier alpha value is -2.36. The lowest BCUT2D eigenvalue weighted by atomic mass is 10.1. The molecule has 1 aromatic heterocycles. The van der Waals surface area contributed by atoms with E-state index in [9.17, 15) is 0 Å². The highest BCUT2D eigenvalue weighted by Gasteiger charge is 2.00. The number of nitrogens with zero attached hydrogens (tertiary/aromatic N) is 3. The average Bonchev–Trinajstić information content (AvgIpc) is 3.08. The zero-order valence-corrected chi connectivity index (χ0v) is 12.0. The molecule has 2 heterocycles. The SMILES string of the molecule is C1=NCCC=C1CCCOc1ccc(-n2ccnc2)cc1. The molecule has 0 atom stereocenters. The van der Waals surface area contributed by atoms with Gasteiger partial charge in [-0.05, 0) is 49.1 Å². The molecule has 3 rings (SSSR count). The quantitative estimate of drug-likeness (QED) is 0.761. The summed E-state index contributed by atoms with van der Waals surface area (Å²) in [7, 11) is 0. The van der Waals surface area contributed by atoms with Crippen LogP contribution in [0, 0.1) is 0 Å². The highest BCUT2D eigenvalue weighted by Crippen LogP contribution is 2.16. The first kappa shape index (κ1) is 13.6. The predicted octanol–water partition coefficient (Wildman–Crippen LogP) is 3.43. The number of dihydropyridines is 1. The molecule has 0 bridgehead atoms. The van der Waals surface area contributed by atoms with Gasteiger partial charge in [-0.1, -0.05) is 6.08 Å². The molecule has 4 heteroatoms. The Morgan fingerprint density at radius 1 is 1.19 bits per heavy atom. The number of aromatic nitrogens is 2. The molecule has 2 aromatic rings. The average molecular weight is 281 g/mol. The van der Waals surface area contributed by atoms with E-state index in [0.29, 0.717) is 0 Å². The number of rotatable bonds is 6. The summed E-state index contributed by atoms with van der Waals surface area (Å²) in [4.78, 5) is 8.33. The summed E-state index contributed by atoms with van der Waals surface area (Å²) in [5.74, 6) is 0.908. The minimum absolute atomic E-state index is 0.732. The third-order valence-electron chi connectivity index (χ3n) is 3.44. The summed E-state index contributed by atoms with van der Waals surface area (Å²) in [6, 6.07) is 8.06. The number of allylic oxidation sites excluding steroid dienone is 1. The fourth-order valence-corrected chi connectivity index (χ4v) is 2.32. The Kier molecular flexibility index (Phi) is 4.46. The molecule has 0 radical (unpaired) electrons. The van der Waals surface area contributed by atoms with Crippen molar-refractivity contribution in [2.45, 2.75) is 19.3 Å². The zero-order chi connectivity index (χ0) is 14.3. The number of aliphatic imine (C=N–C) groups is 1. The first-order valence-electron chi connectivity index (χ1n) is 7.32. The van der Waals surface area contributed by atoms with Gasteiger partial charge in [0.1, 0.15) is 5.75 Å². The van der Waals surface area contributed by atoms with E-state index < -0.39 is 0 Å². The number of ether oxygens (including phenoxy) is 1. The molecule has 108 valence electrons. The van der Waals surface area contributed by atoms with Gasteiger partial charge in [-0.2, -0.15) is 0 Å². The minimum atomic E-state index is 0.732. The molecule has 1 aromatic carbocycles. The van der Waals surface area contributed by atoms with Gasteiger partial charge in [-0.3, -0.25) is 4.99 Å². The van der Waals surface area contributed by atoms with E-state index in [2.05, 4.69) is 16.1 Å². The molecule has 0 saturated heterocycles. The van der Waals surface area contributed by atoms with E-state index >= 15 is 0 Å². The maximum Gasteiger partial charge on any atom is 0.119 e. The first-order chi connectivity index (χ1) is 10.4. The normalized spacial score (nSPS) is 14.0. The van der Waals surface area contributed by atoms with Gasteiger partial charge in [0, 0.05) is 30.8 Å². The fraction of sp³-hybridized carbons (Fsp3) is 0.294. The topological polar surface area (TPSA) is 39.4 Å². The second-order valence-corrected chi connectivity index (χ2v) is 5.02. The van der Waals surface area contributed by atoms with Crippen LogP contribution in [0.1, 0.15) is 19.3 Å². The number of imidazole rings is 1. The largest absolute Gasteiger partial charge is 0.494 e. The van der Waals surface area contributed by atoms with Crippen LogP contribution in [-0.4, -0.2) is 28.9 Å². The molecule has 0 N–H and O–H groups in total. The van der Waals surface area contributed by atoms with E-state index in [1.165, 1.54) is 5.57 Å². The van der Waals surface area contributed by atoms with Crippen LogP contribution < -0.4 is 4.74 Å². The van der Waals surface area contributed by atoms with Gasteiger partial charge in [-0.25, -0.2) is 4.98 Å². The summed E-state index contributed by atoms with van der Waals surface area (Å²) < 4.78 is 7.74. The Morgan fingerprint density at radius 3 is 2.81 bits per heavy atom. The lowest BCUT2D eigenvalue weighted by molar-refractivity contribution is 0.311. The van der Waals surface area contributed by atoms with Crippen molar-refractivity contribution in [3.8, 4) is 11.4 Å². The first-order valence-corrected chi connectivity index (χ1v) is 7.32. The van der Waals surface area contributed by atoms with Crippen molar-refractivity contribution < 1.29 is 4.74 Å². The van der Waals surface area contributed by atoms with Crippen molar-refractivity contribution in [1.82, 2.24) is 9.55 Å². The summed E-state index contributed by atoms with van der Waals surface area (Å²) in [5.41, 5.74) is 2.42. The maximum absolute atomic E-state index is 5.77. The van der Waals surface area contributed by atoms with Crippen LogP contribution in [0.5, 0.6) is 5.75 Å². The molecule has 1 aliphatic rings. The molecule has 0 unspecified atom stereocenters. The van der Waals surface area contributed by atoms with E-state index in [-0.39, 0.29) is 0 Å². The van der Waals surface area contributed by atoms with Crippen LogP contribution in [0.15, 0.2) is 59.6 Å². The van der Waals surface area contributed by atoms with Crippen molar-refractivity contribution in [1.29, 1.82) is 0 Å². The van der Waals surface area contributed by atoms with Crippen LogP contribution in [0.4, 0.5) is 0 Å². The molecule has 21 heavy (non-hydrogen) atoms. The summed E-state index contributed by atoms with van der Waals surface area (Å²) >= 11 is 0. The second kappa shape index (κ2) is 6.88. The van der Waals surface area contributed by atoms with Gasteiger partial charge in [-0.15, -0.1) is 0 Å². The monoisotopic (exact) mass is 281 g/mol. The van der Waals surface area contributed by atoms with Crippen molar-refractivity contribution in [2.24, 2.45) is 4.99 Å². The molecule has 0 saturated carbocycles. The molecule has 1 aliphatic heterocycles. The predicted molar refractivity (Wildman–Crippen MR) is 84.4 cm³/mol. The second-order valence-electron chi connectivity index (χ2n) is 5.02. The maximum atomic E-state index is 5.77. The summed E-state index contributed by atoms with van der Waals surface area (Å²) in [6.07, 6.45) is 12.9. The van der Waals surface area contributed by atoms with Crippen molar-refractivity contribution in [2.75, 3.05) is 13.2 Å². The minimum Gasteiger partial charge on any atom is -0.494 e. The van der Waals surface area contributed by atoms with E-state index in [4.69, 9.17) is 4.74 Å². The van der Waals surface area contributed by atoms with E-state index in [1.807, 2.05) is 41.2 Å². The third-order valence-corrected chi connectivity index (χ3v) is 3.44. The van der Waals surface area contributed by atoms with Gasteiger partial charge in [0.25, 0.3) is 0 Å². The number of hydrogen-bond donors (Lipinski definition) is 0. The number of hydrogen-bond acceptors (Lipinski definition) is 3. The van der Waals surface area contributed by atoms with E-state index in [1.54, 1.807) is 12.5 Å². The van der Waals surface area contributed by atoms with Gasteiger partial charge in [0.15, 0.2) is 0 Å². The van der Waals surface area contributed by atoms with Gasteiger partial charge >= 0.3 is 0 Å². The van der Waals surface area contributed by atoms with Crippen molar-refractivity contribution >= 4 is 6.21 Å². The molecule has 0 amide bonds. The zero-order valence-electron chi connectivity index (χ0n) is 12.0. The summed E-state index contributed by atoms with van der Waals surface area (Å²) in [5, 5.41) is 0. The molecule has 0 aliphatic carbocycles. The molecular formula is C17H19N3O. The Labute approximate surface area is 124 Å². The van der Waals surface area contributed by atoms with Crippen molar-refractivity contribution in [3.63, 3.8) is 0 Å². The van der Waals surface area contributed by atoms with Crippen molar-refractivity contribution in [3.05, 3.63) is 54.6 Å². The van der Waals surface area contributed by atoms with Crippen LogP contribution in [0.3, 0.4) is 0 Å². The highest BCUT2D eigenvalue weighted by atomic mass is 16.5. The van der Waals surface area contributed by atoms with E-state index in [0.717, 1.165) is 43.9 Å². The van der Waals surface area contributed by atoms with Crippen LogP contribution in [-0.2, 0) is 0 Å². The Balaban J connectivity index is 1.45. The lowest BCUT2D eigenvalue weighted by Gasteiger charge is -2.09. The number of benzene rings is 1. The van der Waals surface area contributed by atoms with Crippen LogP contribution in [0.25, 0.3) is 5.69 Å². The molecule has 0 fully saturated rings. The van der Waals surface area contributed by atoms with Gasteiger partial charge in [0.05, 0.1) is 12.9 Å². The fourth-order valence-electron chi connectivity index (χ4n) is 2.32. The summed E-state index contributed by atoms with van der Waals surface area (Å²) in [6.45, 7) is 1.67. The Bertz CT molecular complexity index is 612. The van der Waals surface area contributed by atoms with Crippen LogP contribution >= 0.6 is 0 Å². The molecule has 0 spiro atoms. The molecular weight excluding hydrogens is 262 g/mol. The highest BCUT2D eigenvalue weighted by molar-refractivity contribution is 5.79. The third kappa shape index (κ3) is 3.81. The van der Waals surface area contributed by atoms with Crippen LogP contribution in [0.2, 0.25) is 0 Å². The standard InChI is InChI=1S/C17H19N3O/c1-3-15(13-18-9-1)4-2-12-21-17-7-5-16(6-8-17)20-11-10-19-14-20/h3,5-8,10-11,13-14H,1-2,4,9,12H2. The lowest BCUT2D eigenvalue weighted by Crippen LogP contribution is -2.01. The van der Waals surface area contributed by atoms with Gasteiger partial charge < -0.3 is 9.30 Å². The molecule has 4 nitrogen and oxygen atoms in total. The van der Waals surface area contributed by atoms with Gasteiger partial charge in [0.2, 0.25) is 0 Å². The smallest absolute Gasteiger partial charge is 0.119 e. The Morgan fingerprint density at radius 2 is 2.10 bits per heavy atom.